The van der Waals surface area contributed by atoms with Gasteiger partial charge in [-0.15, -0.1) is 11.3 Å². The summed E-state index contributed by atoms with van der Waals surface area (Å²) in [5, 5.41) is 31.0. The minimum Gasteiger partial charge on any atom is -0.393 e. The Morgan fingerprint density at radius 1 is 1.31 bits per heavy atom. The summed E-state index contributed by atoms with van der Waals surface area (Å²) in [4.78, 5) is 12.7. The molecule has 4 N–H and O–H groups in total. The van der Waals surface area contributed by atoms with Gasteiger partial charge in [-0.25, -0.2) is 8.42 Å². The predicted molar refractivity (Wildman–Crippen MR) is 135 cm³/mol. The number of aliphatic hydroxyl groups excluding tert-OH is 3. The van der Waals surface area contributed by atoms with Crippen molar-refractivity contribution in [3.05, 3.63) is 44.2 Å². The van der Waals surface area contributed by atoms with E-state index in [1.165, 1.54) is 7.76 Å². The number of nitrogens with one attached hydrogen (secondary N) is 1. The van der Waals surface area contributed by atoms with Crippen molar-refractivity contribution in [1.29, 1.82) is 0 Å². The Balaban J connectivity index is 1.77. The van der Waals surface area contributed by atoms with Crippen LogP contribution in [0.1, 0.15) is 43.4 Å². The number of sulfonamides is 1. The highest BCUT2D eigenvalue weighted by Crippen LogP contribution is 2.36. The monoisotopic (exact) mass is 597 g/mol. The molecule has 1 aromatic heterocycles. The van der Waals surface area contributed by atoms with E-state index in [9.17, 15) is 28.5 Å². The molecule has 7 nitrogen and oxygen atoms in total. The fourth-order valence-electron chi connectivity index (χ4n) is 3.84. The first-order valence-electron chi connectivity index (χ1n) is 10.7. The maximum atomic E-state index is 11.5. The molecule has 0 aliphatic heterocycles. The fraction of sp³-hybridized carbons (Fsp3) is 0.591. The third-order valence-corrected chi connectivity index (χ3v) is 7.99. The number of rotatable bonds is 12. The lowest BCUT2D eigenvalue weighted by Crippen LogP contribution is -2.28. The molecule has 0 unspecified atom stereocenters. The van der Waals surface area contributed by atoms with Crippen LogP contribution in [-0.4, -0.2) is 54.2 Å². The third kappa shape index (κ3) is 10.0. The van der Waals surface area contributed by atoms with Gasteiger partial charge in [-0.05, 0) is 72.7 Å². The third-order valence-electron chi connectivity index (χ3n) is 5.44. The Kier molecular flexibility index (Phi) is 11.3. The van der Waals surface area contributed by atoms with Crippen LogP contribution in [0.5, 0.6) is 0 Å². The van der Waals surface area contributed by atoms with Gasteiger partial charge in [-0.1, -0.05) is 24.3 Å². The van der Waals surface area contributed by atoms with E-state index in [1.54, 1.807) is 17.4 Å². The molecular formula is C22H32INO6S2. The van der Waals surface area contributed by atoms with E-state index in [1.807, 2.05) is 23.0 Å². The number of hydrogen-bond donors (Lipinski definition) is 4. The van der Waals surface area contributed by atoms with Crippen molar-refractivity contribution in [2.45, 2.75) is 63.3 Å². The van der Waals surface area contributed by atoms with E-state index in [-0.39, 0.29) is 18.3 Å². The molecule has 0 radical (unpaired) electrons. The molecule has 10 heteroatoms. The Labute approximate surface area is 207 Å². The van der Waals surface area contributed by atoms with Gasteiger partial charge in [0.05, 0.1) is 27.5 Å². The lowest BCUT2D eigenvalue weighted by atomic mass is 9.89. The highest BCUT2D eigenvalue weighted by molar-refractivity contribution is 14.1. The minimum atomic E-state index is -3.52. The molecule has 1 heterocycles. The first kappa shape index (κ1) is 27.5. The van der Waals surface area contributed by atoms with Crippen molar-refractivity contribution < 1.29 is 28.5 Å². The lowest BCUT2D eigenvalue weighted by Gasteiger charge is -2.19. The van der Waals surface area contributed by atoms with Crippen LogP contribution in [0.3, 0.4) is 0 Å². The number of unbranched alkanes of at least 4 members (excludes halogenated alkanes) is 1. The maximum Gasteiger partial charge on any atom is 0.233 e. The van der Waals surface area contributed by atoms with E-state index in [0.29, 0.717) is 32.1 Å². The number of hydrogen-bond acceptors (Lipinski definition) is 7. The van der Waals surface area contributed by atoms with Gasteiger partial charge in [0.1, 0.15) is 0 Å². The van der Waals surface area contributed by atoms with E-state index in [0.717, 1.165) is 12.7 Å². The second kappa shape index (κ2) is 13.2. The van der Waals surface area contributed by atoms with Crippen LogP contribution < -0.4 is 4.72 Å². The summed E-state index contributed by atoms with van der Waals surface area (Å²) >= 11 is 3.99. The Hall–Kier alpha value is -0.790. The zero-order valence-electron chi connectivity index (χ0n) is 18.1. The summed E-state index contributed by atoms with van der Waals surface area (Å²) in [5.74, 6) is -0.891. The van der Waals surface area contributed by atoms with Crippen LogP contribution in [0.2, 0.25) is 0 Å². The molecule has 1 fully saturated rings. The molecule has 0 bridgehead atoms. The van der Waals surface area contributed by atoms with Crippen molar-refractivity contribution in [3.63, 3.8) is 0 Å². The number of allylic oxidation sites excluding steroid dienone is 2. The highest BCUT2D eigenvalue weighted by atomic mass is 127. The molecule has 180 valence electrons. The number of halogens is 1. The fourth-order valence-corrected chi connectivity index (χ4v) is 6.13. The van der Waals surface area contributed by atoms with Gasteiger partial charge in [0, 0.05) is 23.6 Å². The van der Waals surface area contributed by atoms with Crippen LogP contribution in [0, 0.1) is 14.7 Å². The lowest BCUT2D eigenvalue weighted by molar-refractivity contribution is -0.119. The van der Waals surface area contributed by atoms with Gasteiger partial charge in [-0.2, -0.15) is 0 Å². The number of aliphatic hydroxyl groups is 3. The normalized spacial score (nSPS) is 25.0. The summed E-state index contributed by atoms with van der Waals surface area (Å²) < 4.78 is 25.2. The predicted octanol–water partition coefficient (Wildman–Crippen LogP) is 2.75. The zero-order valence-corrected chi connectivity index (χ0v) is 21.9. The van der Waals surface area contributed by atoms with Gasteiger partial charge in [-0.3, -0.25) is 9.52 Å². The molecule has 1 aliphatic carbocycles. The van der Waals surface area contributed by atoms with E-state index in [4.69, 9.17) is 0 Å². The van der Waals surface area contributed by atoms with Gasteiger partial charge < -0.3 is 15.3 Å². The molecule has 0 saturated heterocycles. The van der Waals surface area contributed by atoms with Crippen LogP contribution >= 0.6 is 33.9 Å². The Bertz CT molecular complexity index is 898. The van der Waals surface area contributed by atoms with Crippen LogP contribution in [0.4, 0.5) is 0 Å². The molecule has 0 aromatic carbocycles. The summed E-state index contributed by atoms with van der Waals surface area (Å²) in [6.07, 6.45) is 10.0. The first-order chi connectivity index (χ1) is 15.0. The SMILES string of the molecule is CS(=O)(=O)NC(=O)CCCC=CC[C@@H]1[C@@H](C=C[C@@H](O)CCc2ccc(I)s2)[C@H](O)C[C@@H]1O. The molecule has 32 heavy (non-hydrogen) atoms. The van der Waals surface area contributed by atoms with Crippen LogP contribution in [0.15, 0.2) is 36.4 Å². The molecule has 2 rings (SSSR count). The quantitative estimate of drug-likeness (QED) is 0.167. The van der Waals surface area contributed by atoms with Crippen LogP contribution in [0.25, 0.3) is 0 Å². The van der Waals surface area contributed by atoms with Gasteiger partial charge in [0.15, 0.2) is 0 Å². The summed E-state index contributed by atoms with van der Waals surface area (Å²) in [5.41, 5.74) is 0. The summed E-state index contributed by atoms with van der Waals surface area (Å²) in [6.45, 7) is 0. The Morgan fingerprint density at radius 3 is 2.72 bits per heavy atom. The molecule has 5 atom stereocenters. The van der Waals surface area contributed by atoms with Gasteiger partial charge in [0.2, 0.25) is 15.9 Å². The first-order valence-corrected chi connectivity index (χ1v) is 14.5. The maximum absolute atomic E-state index is 11.5. The second-order valence-electron chi connectivity index (χ2n) is 8.21. The molecular weight excluding hydrogens is 565 g/mol. The number of carbonyl (C=O) groups excluding carboxylic acids is 1. The number of amides is 1. The molecule has 1 aliphatic rings. The summed E-state index contributed by atoms with van der Waals surface area (Å²) in [7, 11) is -3.52. The molecule has 1 aromatic rings. The zero-order chi connectivity index (χ0) is 23.7. The molecule has 1 amide bonds. The molecule has 0 spiro atoms. The largest absolute Gasteiger partial charge is 0.393 e. The smallest absolute Gasteiger partial charge is 0.233 e. The summed E-state index contributed by atoms with van der Waals surface area (Å²) in [6, 6.07) is 4.13. The highest BCUT2D eigenvalue weighted by Gasteiger charge is 2.39. The van der Waals surface area contributed by atoms with Crippen molar-refractivity contribution in [1.82, 2.24) is 4.72 Å². The van der Waals surface area contributed by atoms with E-state index < -0.39 is 34.2 Å². The number of aryl methyl sites for hydroxylation is 1. The second-order valence-corrected chi connectivity index (χ2v) is 13.0. The average Bonchev–Trinajstić information content (AvgIpc) is 3.22. The topological polar surface area (TPSA) is 124 Å². The van der Waals surface area contributed by atoms with Gasteiger partial charge >= 0.3 is 0 Å². The Morgan fingerprint density at radius 2 is 2.06 bits per heavy atom. The standard InChI is InChI=1S/C22H32INO6S2/c1-32(29,30)24-22(28)7-5-3-2-4-6-17-18(20(27)14-19(17)26)12-9-15(25)8-10-16-11-13-21(23)31-16/h2,4,9,11-13,15,17-20,25-27H,3,5-8,10,14H2,1H3,(H,24,28)/t15-,17+,18+,19-,20+/m0/s1. The average molecular weight is 598 g/mol. The van der Waals surface area contributed by atoms with Crippen molar-refractivity contribution >= 4 is 49.9 Å². The van der Waals surface area contributed by atoms with Crippen molar-refractivity contribution in [2.75, 3.05) is 6.26 Å². The molecule has 1 saturated carbocycles. The van der Waals surface area contributed by atoms with E-state index >= 15 is 0 Å². The van der Waals surface area contributed by atoms with Gasteiger partial charge in [0.25, 0.3) is 0 Å². The minimum absolute atomic E-state index is 0.121. The number of carbonyl (C=O) groups is 1. The van der Waals surface area contributed by atoms with Crippen LogP contribution in [-0.2, 0) is 21.2 Å². The number of thiophene rings is 1. The van der Waals surface area contributed by atoms with E-state index in [2.05, 4.69) is 34.7 Å². The van der Waals surface area contributed by atoms with Crippen molar-refractivity contribution in [3.8, 4) is 0 Å². The van der Waals surface area contributed by atoms with Crippen molar-refractivity contribution in [2.24, 2.45) is 11.8 Å².